The number of amides is 2. The smallest absolute Gasteiger partial charge is 0.410 e. The van der Waals surface area contributed by atoms with E-state index in [2.05, 4.69) is 29.6 Å². The first-order chi connectivity index (χ1) is 32.6. The lowest BCUT2D eigenvalue weighted by molar-refractivity contribution is -0.0423. The van der Waals surface area contributed by atoms with Gasteiger partial charge in [-0.3, -0.25) is 0 Å². The summed E-state index contributed by atoms with van der Waals surface area (Å²) in [7, 11) is 0. The van der Waals surface area contributed by atoms with E-state index in [1.807, 2.05) is 65.2 Å². The number of piperidine rings is 4. The van der Waals surface area contributed by atoms with E-state index in [0.717, 1.165) is 69.8 Å². The summed E-state index contributed by atoms with van der Waals surface area (Å²) in [6.07, 6.45) is 11.4. The molecule has 0 saturated carbocycles. The highest BCUT2D eigenvalue weighted by molar-refractivity contribution is 6.32. The molecule has 2 aromatic carbocycles. The Hall–Kier alpha value is -5.81. The zero-order chi connectivity index (χ0) is 50.2. The number of carbonyl (C=O) groups excluding carboxylic acids is 2. The predicted molar refractivity (Wildman–Crippen MR) is 262 cm³/mol. The number of phenolic OH excluding ortho intramolecular Hbond substituents is 1. The molecule has 8 rings (SSSR count). The number of halogens is 3. The third-order valence-electron chi connectivity index (χ3n) is 11.9. The largest absolute Gasteiger partial charge is 0.507 e. The molecule has 6 heterocycles. The van der Waals surface area contributed by atoms with Crippen LogP contribution in [-0.4, -0.2) is 94.6 Å². The normalized spacial score (nSPS) is 21.6. The Kier molecular flexibility index (Phi) is 17.3. The van der Waals surface area contributed by atoms with Gasteiger partial charge in [0, 0.05) is 55.4 Å². The van der Waals surface area contributed by atoms with Crippen molar-refractivity contribution in [1.82, 2.24) is 29.7 Å². The average Bonchev–Trinajstić information content (AvgIpc) is 3.27. The molecule has 2 amide bonds. The molecular formula is C50H59Cl3N8O8. The lowest BCUT2D eigenvalue weighted by Gasteiger charge is -2.48. The Morgan fingerprint density at radius 1 is 0.638 bits per heavy atom. The van der Waals surface area contributed by atoms with Crippen LogP contribution in [0.4, 0.5) is 21.0 Å². The van der Waals surface area contributed by atoms with E-state index >= 15 is 0 Å². The number of carbonyl (C=O) groups is 2. The van der Waals surface area contributed by atoms with Gasteiger partial charge < -0.3 is 38.6 Å². The number of fused-ring (bicyclic) bond motifs is 4. The third kappa shape index (κ3) is 14.1. The Balaban J connectivity index is 0.000000195. The van der Waals surface area contributed by atoms with E-state index in [0.29, 0.717) is 50.5 Å². The second-order valence-corrected chi connectivity index (χ2v) is 20.6. The lowest BCUT2D eigenvalue weighted by atomic mass is 9.83. The number of benzene rings is 2. The number of nitrogens with zero attached hydrogens (tertiary/aromatic N) is 8. The molecule has 69 heavy (non-hydrogen) atoms. The van der Waals surface area contributed by atoms with Gasteiger partial charge in [-0.15, -0.1) is 0 Å². The number of hydrogen-bond acceptors (Lipinski definition) is 12. The molecule has 2 aromatic heterocycles. The quantitative estimate of drug-likeness (QED) is 0.144. The van der Waals surface area contributed by atoms with Gasteiger partial charge in [0.1, 0.15) is 52.7 Å². The maximum atomic E-state index is 12.8. The first-order valence-electron chi connectivity index (χ1n) is 23.0. The van der Waals surface area contributed by atoms with Crippen molar-refractivity contribution in [2.45, 2.75) is 167 Å². The molecule has 0 aliphatic carbocycles. The number of hydrogen-bond donors (Lipinski definition) is 1. The van der Waals surface area contributed by atoms with Crippen LogP contribution in [0.1, 0.15) is 117 Å². The minimum absolute atomic E-state index is 0.00840. The first-order valence-corrected chi connectivity index (χ1v) is 24.1. The number of phenols is 1. The second kappa shape index (κ2) is 22.7. The zero-order valence-electron chi connectivity index (χ0n) is 40.2. The Labute approximate surface area is 419 Å². The summed E-state index contributed by atoms with van der Waals surface area (Å²) in [5.41, 5.74) is 1.28. The van der Waals surface area contributed by atoms with Crippen molar-refractivity contribution in [3.05, 3.63) is 98.2 Å². The summed E-state index contributed by atoms with van der Waals surface area (Å²) in [5.74, 6) is 1.74. The fraction of sp³-hybridized carbons (Fsp3) is 0.520. The number of aromatic hydroxyl groups is 1. The van der Waals surface area contributed by atoms with Crippen LogP contribution in [0.5, 0.6) is 29.1 Å². The van der Waals surface area contributed by atoms with Crippen LogP contribution in [0, 0.1) is 27.0 Å². The molecule has 4 atom stereocenters. The van der Waals surface area contributed by atoms with Crippen molar-refractivity contribution in [2.75, 3.05) is 0 Å². The summed E-state index contributed by atoms with van der Waals surface area (Å²) >= 11 is 17.8. The molecule has 4 unspecified atom stereocenters. The highest BCUT2D eigenvalue weighted by Crippen LogP contribution is 2.40. The van der Waals surface area contributed by atoms with E-state index in [-0.39, 0.29) is 59.3 Å². The summed E-state index contributed by atoms with van der Waals surface area (Å²) < 4.78 is 29.6. The third-order valence-corrected chi connectivity index (χ3v) is 12.9. The summed E-state index contributed by atoms with van der Waals surface area (Å²) in [6, 6.07) is 9.65. The SMILES string of the molecule is Cc1c(Cl)ncnc1OC1CC2CCCC(C1)N2C(=O)OC(C)(C)C.[C-]#[N+]c1ccc(O)c(Cl)c1.[C-]#[N+]c1ccc(Oc2ncnc(OC3CC4CCCC(C3)N4C(=O)OC(C)(C)C)c2C)c(Cl)c1. The minimum Gasteiger partial charge on any atom is -0.507 e. The van der Waals surface area contributed by atoms with Crippen LogP contribution in [0.15, 0.2) is 49.1 Å². The van der Waals surface area contributed by atoms with Crippen molar-refractivity contribution in [2.24, 2.45) is 0 Å². The molecule has 0 radical (unpaired) electrons. The van der Waals surface area contributed by atoms with E-state index in [9.17, 15) is 9.59 Å². The molecule has 4 saturated heterocycles. The minimum atomic E-state index is -0.521. The van der Waals surface area contributed by atoms with Crippen molar-refractivity contribution in [3.8, 4) is 29.1 Å². The molecule has 16 nitrogen and oxygen atoms in total. The van der Waals surface area contributed by atoms with E-state index in [1.165, 1.54) is 30.9 Å². The zero-order valence-corrected chi connectivity index (χ0v) is 42.4. The summed E-state index contributed by atoms with van der Waals surface area (Å²) in [6.45, 7) is 28.8. The van der Waals surface area contributed by atoms with Gasteiger partial charge in [-0.25, -0.2) is 39.2 Å². The van der Waals surface area contributed by atoms with Gasteiger partial charge in [0.2, 0.25) is 17.6 Å². The predicted octanol–water partition coefficient (Wildman–Crippen LogP) is 13.2. The monoisotopic (exact) mass is 1000 g/mol. The van der Waals surface area contributed by atoms with Crippen molar-refractivity contribution < 1.29 is 38.4 Å². The van der Waals surface area contributed by atoms with Crippen LogP contribution in [0.3, 0.4) is 0 Å². The van der Waals surface area contributed by atoms with Crippen LogP contribution in [0.2, 0.25) is 15.2 Å². The topological polar surface area (TPSA) is 167 Å². The van der Waals surface area contributed by atoms with E-state index in [4.69, 9.17) is 76.7 Å². The van der Waals surface area contributed by atoms with Crippen LogP contribution >= 0.6 is 34.8 Å². The van der Waals surface area contributed by atoms with Gasteiger partial charge >= 0.3 is 12.2 Å². The van der Waals surface area contributed by atoms with Gasteiger partial charge in [0.25, 0.3) is 0 Å². The van der Waals surface area contributed by atoms with Crippen molar-refractivity contribution >= 4 is 58.4 Å². The summed E-state index contributed by atoms with van der Waals surface area (Å²) in [5, 5.41) is 9.86. The fourth-order valence-corrected chi connectivity index (χ4v) is 9.39. The average molecular weight is 1010 g/mol. The lowest BCUT2D eigenvalue weighted by Crippen LogP contribution is -2.57. The van der Waals surface area contributed by atoms with Crippen LogP contribution < -0.4 is 14.2 Å². The van der Waals surface area contributed by atoms with Gasteiger partial charge in [-0.2, -0.15) is 0 Å². The molecular weight excluding hydrogens is 947 g/mol. The molecule has 0 spiro atoms. The first kappa shape index (κ1) is 52.6. The standard InChI is InChI=1S/C25H29ClN4O4.C18H26ClN3O3.C7H4ClNO/c1-15-22(28-14-29-23(15)33-21-10-9-16(27-5)11-20(21)26)32-19-12-17-7-6-8-18(13-19)30(17)24(31)34-25(2,3)4;1-11-15(19)20-10-21-16(11)24-14-8-12-6-5-7-13(9-14)22(12)17(23)25-18(2,3)4;1-9-5-2-3-7(10)6(8)4-5/h9-11,14,17-19H,6-8,12-13H2,1-4H3;10,12-14H,5-9H2,1-4H3;2-4,10H. The highest BCUT2D eigenvalue weighted by atomic mass is 35.5. The van der Waals surface area contributed by atoms with Crippen LogP contribution in [-0.2, 0) is 9.47 Å². The molecule has 4 bridgehead atoms. The summed E-state index contributed by atoms with van der Waals surface area (Å²) in [4.78, 5) is 52.5. The Morgan fingerprint density at radius 3 is 1.49 bits per heavy atom. The van der Waals surface area contributed by atoms with Gasteiger partial charge in [-0.1, -0.05) is 46.9 Å². The Bertz CT molecular complexity index is 2530. The van der Waals surface area contributed by atoms with Gasteiger partial charge in [-0.05, 0) is 118 Å². The van der Waals surface area contributed by atoms with Gasteiger partial charge in [0.15, 0.2) is 11.4 Å². The van der Waals surface area contributed by atoms with Crippen molar-refractivity contribution in [1.29, 1.82) is 0 Å². The van der Waals surface area contributed by atoms with E-state index < -0.39 is 11.2 Å². The number of rotatable bonds is 6. The number of aromatic nitrogens is 4. The molecule has 4 aromatic rings. The molecule has 1 N–H and O–H groups in total. The molecule has 19 heteroatoms. The molecule has 4 fully saturated rings. The fourth-order valence-electron chi connectivity index (χ4n) is 8.88. The maximum Gasteiger partial charge on any atom is 0.410 e. The van der Waals surface area contributed by atoms with Gasteiger partial charge in [0.05, 0.1) is 28.8 Å². The highest BCUT2D eigenvalue weighted by Gasteiger charge is 2.45. The second-order valence-electron chi connectivity index (χ2n) is 19.5. The maximum absolute atomic E-state index is 12.8. The van der Waals surface area contributed by atoms with E-state index in [1.54, 1.807) is 18.2 Å². The Morgan fingerprint density at radius 2 is 1.06 bits per heavy atom. The molecule has 368 valence electrons. The van der Waals surface area contributed by atoms with Crippen LogP contribution in [0.25, 0.3) is 9.69 Å². The van der Waals surface area contributed by atoms with Crippen molar-refractivity contribution in [3.63, 3.8) is 0 Å². The number of ether oxygens (including phenoxy) is 5. The molecule has 4 aliphatic heterocycles. The molecule has 4 aliphatic rings.